The van der Waals surface area contributed by atoms with Gasteiger partial charge < -0.3 is 5.32 Å². The number of pyridine rings is 1. The van der Waals surface area contributed by atoms with E-state index >= 15 is 0 Å². The molecule has 5 heteroatoms. The van der Waals surface area contributed by atoms with Gasteiger partial charge in [-0.05, 0) is 47.0 Å². The highest BCUT2D eigenvalue weighted by atomic mass is 79.9. The molecule has 0 unspecified atom stereocenters. The van der Waals surface area contributed by atoms with Crippen LogP contribution in [-0.4, -0.2) is 21.3 Å². The SMILES string of the molecule is Cc1nc(NCCc2cnn(C)c2)ccc1Br. The lowest BCUT2D eigenvalue weighted by molar-refractivity contribution is 0.767. The van der Waals surface area contributed by atoms with Crippen LogP contribution in [0.15, 0.2) is 29.0 Å². The molecule has 0 saturated heterocycles. The maximum absolute atomic E-state index is 4.43. The van der Waals surface area contributed by atoms with Gasteiger partial charge in [0.25, 0.3) is 0 Å². The van der Waals surface area contributed by atoms with Gasteiger partial charge >= 0.3 is 0 Å². The number of rotatable bonds is 4. The summed E-state index contributed by atoms with van der Waals surface area (Å²) >= 11 is 3.44. The van der Waals surface area contributed by atoms with E-state index < -0.39 is 0 Å². The lowest BCUT2D eigenvalue weighted by Gasteiger charge is -2.06. The van der Waals surface area contributed by atoms with E-state index in [1.807, 2.05) is 43.2 Å². The minimum absolute atomic E-state index is 0.861. The lowest BCUT2D eigenvalue weighted by atomic mass is 10.2. The molecule has 0 saturated carbocycles. The Labute approximate surface area is 109 Å². The van der Waals surface area contributed by atoms with Crippen LogP contribution >= 0.6 is 15.9 Å². The summed E-state index contributed by atoms with van der Waals surface area (Å²) in [5.41, 5.74) is 2.23. The zero-order valence-corrected chi connectivity index (χ0v) is 11.5. The summed E-state index contributed by atoms with van der Waals surface area (Å²) in [6, 6.07) is 3.98. The third-order valence-corrected chi connectivity index (χ3v) is 3.34. The van der Waals surface area contributed by atoms with E-state index in [1.54, 1.807) is 0 Å². The predicted molar refractivity (Wildman–Crippen MR) is 72.1 cm³/mol. The van der Waals surface area contributed by atoms with Gasteiger partial charge in [-0.2, -0.15) is 5.10 Å². The predicted octanol–water partition coefficient (Wildman–Crippen LogP) is 2.54. The molecule has 2 aromatic rings. The Bertz CT molecular complexity index is 507. The summed E-state index contributed by atoms with van der Waals surface area (Å²) in [6.07, 6.45) is 4.87. The van der Waals surface area contributed by atoms with Crippen molar-refractivity contribution < 1.29 is 0 Å². The number of hydrogen-bond donors (Lipinski definition) is 1. The van der Waals surface area contributed by atoms with Gasteiger partial charge in [0.1, 0.15) is 5.82 Å². The molecule has 0 radical (unpaired) electrons. The van der Waals surface area contributed by atoms with E-state index in [0.717, 1.165) is 29.0 Å². The van der Waals surface area contributed by atoms with E-state index in [-0.39, 0.29) is 0 Å². The number of halogens is 1. The van der Waals surface area contributed by atoms with Crippen LogP contribution in [0.2, 0.25) is 0 Å². The number of hydrogen-bond acceptors (Lipinski definition) is 3. The molecule has 0 atom stereocenters. The smallest absolute Gasteiger partial charge is 0.126 e. The Morgan fingerprint density at radius 3 is 2.88 bits per heavy atom. The number of nitrogens with one attached hydrogen (secondary N) is 1. The minimum atomic E-state index is 0.861. The highest BCUT2D eigenvalue weighted by Crippen LogP contribution is 2.16. The van der Waals surface area contributed by atoms with Crippen molar-refractivity contribution in [1.82, 2.24) is 14.8 Å². The molecule has 0 aliphatic carbocycles. The molecule has 0 aliphatic heterocycles. The van der Waals surface area contributed by atoms with Gasteiger partial charge in [-0.15, -0.1) is 0 Å². The van der Waals surface area contributed by atoms with E-state index in [4.69, 9.17) is 0 Å². The largest absolute Gasteiger partial charge is 0.370 e. The number of aromatic nitrogens is 3. The fourth-order valence-corrected chi connectivity index (χ4v) is 1.80. The monoisotopic (exact) mass is 294 g/mol. The molecule has 0 amide bonds. The van der Waals surface area contributed by atoms with Crippen LogP contribution in [0.25, 0.3) is 0 Å². The minimum Gasteiger partial charge on any atom is -0.370 e. The van der Waals surface area contributed by atoms with Crippen molar-refractivity contribution in [2.24, 2.45) is 7.05 Å². The van der Waals surface area contributed by atoms with Crippen molar-refractivity contribution in [3.8, 4) is 0 Å². The first kappa shape index (κ1) is 12.1. The molecule has 17 heavy (non-hydrogen) atoms. The summed E-state index contributed by atoms with van der Waals surface area (Å²) in [4.78, 5) is 4.43. The van der Waals surface area contributed by atoms with E-state index in [9.17, 15) is 0 Å². The summed E-state index contributed by atoms with van der Waals surface area (Å²) < 4.78 is 2.85. The Morgan fingerprint density at radius 2 is 2.24 bits per heavy atom. The number of aryl methyl sites for hydroxylation is 2. The average molecular weight is 295 g/mol. The fourth-order valence-electron chi connectivity index (χ4n) is 1.58. The summed E-state index contributed by atoms with van der Waals surface area (Å²) in [5, 5.41) is 7.44. The maximum Gasteiger partial charge on any atom is 0.126 e. The molecule has 2 rings (SSSR count). The molecule has 0 fully saturated rings. The van der Waals surface area contributed by atoms with Gasteiger partial charge in [0.2, 0.25) is 0 Å². The Balaban J connectivity index is 1.87. The number of anilines is 1. The molecular formula is C12H15BrN4. The highest BCUT2D eigenvalue weighted by molar-refractivity contribution is 9.10. The van der Waals surface area contributed by atoms with Gasteiger partial charge in [0.05, 0.1) is 11.9 Å². The quantitative estimate of drug-likeness (QED) is 0.942. The third-order valence-electron chi connectivity index (χ3n) is 2.50. The van der Waals surface area contributed by atoms with E-state index in [0.29, 0.717) is 0 Å². The van der Waals surface area contributed by atoms with Gasteiger partial charge in [-0.3, -0.25) is 4.68 Å². The zero-order valence-electron chi connectivity index (χ0n) is 9.94. The van der Waals surface area contributed by atoms with Crippen LogP contribution in [0.4, 0.5) is 5.82 Å². The van der Waals surface area contributed by atoms with Gasteiger partial charge in [0.15, 0.2) is 0 Å². The van der Waals surface area contributed by atoms with Crippen LogP contribution in [0.5, 0.6) is 0 Å². The fraction of sp³-hybridized carbons (Fsp3) is 0.333. The normalized spacial score (nSPS) is 10.5. The molecular weight excluding hydrogens is 280 g/mol. The Hall–Kier alpha value is -1.36. The van der Waals surface area contributed by atoms with Crippen LogP contribution in [0.1, 0.15) is 11.3 Å². The lowest BCUT2D eigenvalue weighted by Crippen LogP contribution is -2.06. The summed E-state index contributed by atoms with van der Waals surface area (Å²) in [6.45, 7) is 2.84. The molecule has 1 N–H and O–H groups in total. The van der Waals surface area contributed by atoms with Gasteiger partial charge in [0, 0.05) is 24.3 Å². The molecule has 0 aromatic carbocycles. The summed E-state index contributed by atoms with van der Waals surface area (Å²) in [7, 11) is 1.93. The molecule has 0 aliphatic rings. The standard InChI is InChI=1S/C12H15BrN4/c1-9-11(13)3-4-12(16-9)14-6-5-10-7-15-17(2)8-10/h3-4,7-8H,5-6H2,1-2H3,(H,14,16). The van der Waals surface area contributed by atoms with Gasteiger partial charge in [-0.1, -0.05) is 0 Å². The second-order valence-corrected chi connectivity index (χ2v) is 4.82. The topological polar surface area (TPSA) is 42.7 Å². The maximum atomic E-state index is 4.43. The third kappa shape index (κ3) is 3.30. The molecule has 4 nitrogen and oxygen atoms in total. The second kappa shape index (κ2) is 5.31. The van der Waals surface area contributed by atoms with Crippen molar-refractivity contribution >= 4 is 21.7 Å². The van der Waals surface area contributed by atoms with Crippen LogP contribution in [-0.2, 0) is 13.5 Å². The van der Waals surface area contributed by atoms with Crippen LogP contribution < -0.4 is 5.32 Å². The zero-order chi connectivity index (χ0) is 12.3. The first-order valence-corrected chi connectivity index (χ1v) is 6.29. The molecule has 0 spiro atoms. The molecule has 0 bridgehead atoms. The Kier molecular flexibility index (Phi) is 3.78. The van der Waals surface area contributed by atoms with Crippen molar-refractivity contribution in [2.75, 3.05) is 11.9 Å². The van der Waals surface area contributed by atoms with E-state index in [2.05, 4.69) is 31.3 Å². The van der Waals surface area contributed by atoms with Crippen LogP contribution in [0.3, 0.4) is 0 Å². The first-order valence-electron chi connectivity index (χ1n) is 5.49. The van der Waals surface area contributed by atoms with Crippen molar-refractivity contribution in [1.29, 1.82) is 0 Å². The Morgan fingerprint density at radius 1 is 1.41 bits per heavy atom. The van der Waals surface area contributed by atoms with Gasteiger partial charge in [-0.25, -0.2) is 4.98 Å². The van der Waals surface area contributed by atoms with Crippen molar-refractivity contribution in [2.45, 2.75) is 13.3 Å². The first-order chi connectivity index (χ1) is 8.15. The molecule has 90 valence electrons. The van der Waals surface area contributed by atoms with Crippen molar-refractivity contribution in [3.05, 3.63) is 40.3 Å². The number of nitrogens with zero attached hydrogens (tertiary/aromatic N) is 3. The second-order valence-electron chi connectivity index (χ2n) is 3.96. The molecule has 2 aromatic heterocycles. The van der Waals surface area contributed by atoms with Crippen LogP contribution in [0, 0.1) is 6.92 Å². The highest BCUT2D eigenvalue weighted by Gasteiger charge is 1.99. The average Bonchev–Trinajstić information content (AvgIpc) is 2.70. The van der Waals surface area contributed by atoms with E-state index in [1.165, 1.54) is 5.56 Å². The molecule has 2 heterocycles. The summed E-state index contributed by atoms with van der Waals surface area (Å²) in [5.74, 6) is 0.912. The van der Waals surface area contributed by atoms with Crippen molar-refractivity contribution in [3.63, 3.8) is 0 Å².